The molecule has 0 unspecified atom stereocenters. The highest BCUT2D eigenvalue weighted by molar-refractivity contribution is 6.30. The van der Waals surface area contributed by atoms with Crippen LogP contribution < -0.4 is 5.32 Å². The number of aromatic nitrogens is 3. The normalized spacial score (nSPS) is 23.9. The number of hydrogen-bond acceptors (Lipinski definition) is 6. The molecule has 7 heteroatoms. The number of aromatic hydroxyl groups is 1. The van der Waals surface area contributed by atoms with Crippen LogP contribution in [0.1, 0.15) is 25.5 Å². The molecule has 1 heterocycles. The van der Waals surface area contributed by atoms with Crippen LogP contribution in [-0.2, 0) is 0 Å². The minimum Gasteiger partial charge on any atom is -0.507 e. The van der Waals surface area contributed by atoms with Crippen molar-refractivity contribution in [3.05, 3.63) is 28.9 Å². The number of phenolic OH excluding ortho intramolecular Hbond substituents is 1. The third-order valence-corrected chi connectivity index (χ3v) is 4.02. The molecule has 2 aromatic rings. The van der Waals surface area contributed by atoms with Crippen LogP contribution in [0.3, 0.4) is 0 Å². The van der Waals surface area contributed by atoms with Gasteiger partial charge >= 0.3 is 0 Å². The lowest BCUT2D eigenvalue weighted by molar-refractivity contribution is -0.0236. The van der Waals surface area contributed by atoms with E-state index in [1.165, 1.54) is 6.07 Å². The molecule has 1 saturated carbocycles. The lowest BCUT2D eigenvalue weighted by Gasteiger charge is -2.41. The minimum absolute atomic E-state index is 0.0439. The molecule has 0 radical (unpaired) electrons. The average molecular weight is 321 g/mol. The minimum atomic E-state index is -0.602. The smallest absolute Gasteiger partial charge is 0.243 e. The molecular weight excluding hydrogens is 304 g/mol. The molecule has 3 N–H and O–H groups in total. The zero-order chi connectivity index (χ0) is 15.9. The van der Waals surface area contributed by atoms with E-state index < -0.39 is 5.60 Å². The lowest BCUT2D eigenvalue weighted by atomic mass is 9.77. The Morgan fingerprint density at radius 2 is 2.05 bits per heavy atom. The first kappa shape index (κ1) is 15.0. The van der Waals surface area contributed by atoms with E-state index in [0.29, 0.717) is 40.8 Å². The van der Waals surface area contributed by atoms with Crippen LogP contribution in [0.2, 0.25) is 5.02 Å². The molecular formula is C15H17ClN4O2. The summed E-state index contributed by atoms with van der Waals surface area (Å²) in [6.07, 6.45) is 1.32. The Morgan fingerprint density at radius 3 is 2.64 bits per heavy atom. The number of hydrogen-bond donors (Lipinski definition) is 3. The maximum absolute atomic E-state index is 9.97. The van der Waals surface area contributed by atoms with E-state index in [-0.39, 0.29) is 11.8 Å². The van der Waals surface area contributed by atoms with E-state index in [4.69, 9.17) is 11.6 Å². The highest BCUT2D eigenvalue weighted by atomic mass is 35.5. The van der Waals surface area contributed by atoms with E-state index in [1.54, 1.807) is 19.1 Å². The summed E-state index contributed by atoms with van der Waals surface area (Å²) in [5.41, 5.74) is 1.11. The second-order valence-corrected chi connectivity index (χ2v) is 6.41. The predicted octanol–water partition coefficient (Wildman–Crippen LogP) is 2.53. The van der Waals surface area contributed by atoms with Crippen molar-refractivity contribution in [2.24, 2.45) is 0 Å². The SMILES string of the molecule is Cc1nc(NC2CC(C)(O)C2)nnc1-c1ccc(Cl)cc1O. The quantitative estimate of drug-likeness (QED) is 0.805. The van der Waals surface area contributed by atoms with Crippen LogP contribution in [0.15, 0.2) is 18.2 Å². The number of aryl methyl sites for hydroxylation is 1. The number of rotatable bonds is 3. The van der Waals surface area contributed by atoms with Gasteiger partial charge in [-0.15, -0.1) is 10.2 Å². The van der Waals surface area contributed by atoms with E-state index >= 15 is 0 Å². The summed E-state index contributed by atoms with van der Waals surface area (Å²) >= 11 is 5.83. The molecule has 6 nitrogen and oxygen atoms in total. The van der Waals surface area contributed by atoms with Gasteiger partial charge in [0.25, 0.3) is 0 Å². The number of aliphatic hydroxyl groups is 1. The number of phenols is 1. The standard InChI is InChI=1S/C15H17ClN4O2/c1-8-13(11-4-3-9(16)5-12(11)21)19-20-14(17-8)18-10-6-15(2,22)7-10/h3-5,10,21-22H,6-7H2,1-2H3,(H,17,18,20). The monoisotopic (exact) mass is 320 g/mol. The fourth-order valence-corrected chi connectivity index (χ4v) is 2.87. The van der Waals surface area contributed by atoms with Gasteiger partial charge in [-0.3, -0.25) is 0 Å². The van der Waals surface area contributed by atoms with Crippen LogP contribution in [-0.4, -0.2) is 37.0 Å². The van der Waals surface area contributed by atoms with Crippen molar-refractivity contribution in [2.45, 2.75) is 38.3 Å². The first-order valence-corrected chi connectivity index (χ1v) is 7.41. The van der Waals surface area contributed by atoms with Gasteiger partial charge in [0.1, 0.15) is 11.4 Å². The van der Waals surface area contributed by atoms with Crippen molar-refractivity contribution >= 4 is 17.5 Å². The Hall–Kier alpha value is -1.92. The molecule has 1 aromatic heterocycles. The summed E-state index contributed by atoms with van der Waals surface area (Å²) in [7, 11) is 0. The Labute approximate surface area is 133 Å². The van der Waals surface area contributed by atoms with E-state index in [2.05, 4.69) is 20.5 Å². The Morgan fingerprint density at radius 1 is 1.32 bits per heavy atom. The van der Waals surface area contributed by atoms with Crippen molar-refractivity contribution in [1.82, 2.24) is 15.2 Å². The number of halogens is 1. The maximum atomic E-state index is 9.97. The van der Waals surface area contributed by atoms with Crippen molar-refractivity contribution in [3.8, 4) is 17.0 Å². The summed E-state index contributed by atoms with van der Waals surface area (Å²) in [4.78, 5) is 4.37. The fourth-order valence-electron chi connectivity index (χ4n) is 2.71. The van der Waals surface area contributed by atoms with Gasteiger partial charge in [0, 0.05) is 16.6 Å². The highest BCUT2D eigenvalue weighted by Gasteiger charge is 2.38. The van der Waals surface area contributed by atoms with Crippen LogP contribution >= 0.6 is 11.6 Å². The summed E-state index contributed by atoms with van der Waals surface area (Å²) in [5, 5.41) is 31.5. The number of anilines is 1. The molecule has 1 fully saturated rings. The van der Waals surface area contributed by atoms with E-state index in [9.17, 15) is 10.2 Å². The van der Waals surface area contributed by atoms with Gasteiger partial charge in [-0.05, 0) is 44.9 Å². The predicted molar refractivity (Wildman–Crippen MR) is 83.9 cm³/mol. The van der Waals surface area contributed by atoms with Crippen molar-refractivity contribution in [1.29, 1.82) is 0 Å². The van der Waals surface area contributed by atoms with E-state index in [0.717, 1.165) is 0 Å². The van der Waals surface area contributed by atoms with Gasteiger partial charge in [0.15, 0.2) is 0 Å². The second kappa shape index (κ2) is 5.37. The summed E-state index contributed by atoms with van der Waals surface area (Å²) in [5.74, 6) is 0.470. The molecule has 1 aliphatic carbocycles. The molecule has 3 rings (SSSR count). The fraction of sp³-hybridized carbons (Fsp3) is 0.400. The third kappa shape index (κ3) is 2.98. The van der Waals surface area contributed by atoms with Crippen LogP contribution in [0.4, 0.5) is 5.95 Å². The van der Waals surface area contributed by atoms with Crippen LogP contribution in [0, 0.1) is 6.92 Å². The molecule has 0 amide bonds. The summed E-state index contributed by atoms with van der Waals surface area (Å²) in [6.45, 7) is 3.61. The Balaban J connectivity index is 1.80. The molecule has 1 aliphatic rings. The molecule has 0 atom stereocenters. The van der Waals surface area contributed by atoms with Crippen molar-refractivity contribution < 1.29 is 10.2 Å². The van der Waals surface area contributed by atoms with Gasteiger partial charge in [-0.2, -0.15) is 0 Å². The highest BCUT2D eigenvalue weighted by Crippen LogP contribution is 2.34. The largest absolute Gasteiger partial charge is 0.507 e. The Kier molecular flexibility index (Phi) is 3.66. The summed E-state index contributed by atoms with van der Waals surface area (Å²) < 4.78 is 0. The Bertz CT molecular complexity index is 713. The van der Waals surface area contributed by atoms with Crippen LogP contribution in [0.25, 0.3) is 11.3 Å². The van der Waals surface area contributed by atoms with Gasteiger partial charge in [-0.25, -0.2) is 4.98 Å². The second-order valence-electron chi connectivity index (χ2n) is 5.98. The molecule has 22 heavy (non-hydrogen) atoms. The third-order valence-electron chi connectivity index (χ3n) is 3.78. The van der Waals surface area contributed by atoms with Gasteiger partial charge < -0.3 is 15.5 Å². The molecule has 0 aliphatic heterocycles. The first-order chi connectivity index (χ1) is 10.3. The molecule has 1 aromatic carbocycles. The number of benzene rings is 1. The maximum Gasteiger partial charge on any atom is 0.243 e. The van der Waals surface area contributed by atoms with Crippen molar-refractivity contribution in [3.63, 3.8) is 0 Å². The first-order valence-electron chi connectivity index (χ1n) is 7.03. The van der Waals surface area contributed by atoms with Gasteiger partial charge in [0.05, 0.1) is 11.3 Å². The number of nitrogens with zero attached hydrogens (tertiary/aromatic N) is 3. The van der Waals surface area contributed by atoms with Crippen LogP contribution in [0.5, 0.6) is 5.75 Å². The zero-order valence-electron chi connectivity index (χ0n) is 12.3. The molecule has 116 valence electrons. The topological polar surface area (TPSA) is 91.2 Å². The number of nitrogens with one attached hydrogen (secondary N) is 1. The zero-order valence-corrected chi connectivity index (χ0v) is 13.1. The average Bonchev–Trinajstić information content (AvgIpc) is 2.38. The molecule has 0 bridgehead atoms. The van der Waals surface area contributed by atoms with Crippen molar-refractivity contribution in [2.75, 3.05) is 5.32 Å². The van der Waals surface area contributed by atoms with E-state index in [1.807, 2.05) is 6.92 Å². The molecule has 0 spiro atoms. The van der Waals surface area contributed by atoms with Gasteiger partial charge in [-0.1, -0.05) is 11.6 Å². The van der Waals surface area contributed by atoms with Gasteiger partial charge in [0.2, 0.25) is 5.95 Å². The molecule has 0 saturated heterocycles. The lowest BCUT2D eigenvalue weighted by Crippen LogP contribution is -2.48. The summed E-state index contributed by atoms with van der Waals surface area (Å²) in [6, 6.07) is 4.99.